The van der Waals surface area contributed by atoms with Gasteiger partial charge in [-0.2, -0.15) is 4.31 Å². The molecule has 2 heterocycles. The third kappa shape index (κ3) is 5.25. The lowest BCUT2D eigenvalue weighted by atomic mass is 10.0. The third-order valence-electron chi connectivity index (χ3n) is 5.43. The Morgan fingerprint density at radius 2 is 1.97 bits per heavy atom. The molecule has 2 aromatic rings. The van der Waals surface area contributed by atoms with Crippen molar-refractivity contribution in [1.29, 1.82) is 0 Å². The van der Waals surface area contributed by atoms with Crippen molar-refractivity contribution in [2.75, 3.05) is 30.4 Å². The second-order valence-corrected chi connectivity index (χ2v) is 10.1. The van der Waals surface area contributed by atoms with Crippen LogP contribution in [-0.4, -0.2) is 48.9 Å². The van der Waals surface area contributed by atoms with Gasteiger partial charge in [-0.25, -0.2) is 18.4 Å². The van der Waals surface area contributed by atoms with Gasteiger partial charge in [0, 0.05) is 38.8 Å². The second kappa shape index (κ2) is 9.09. The molecular weight excluding hydrogens is 386 g/mol. The molecule has 158 valence electrons. The molecular formula is C21H31N5O2S. The number of benzene rings is 1. The standard InChI is InChI=1S/C21H31N5O2S/c1-16(2)25(4)29(27,28)19-9-7-18(8-10-19)13-22-20-12-21(24-15-23-20)26-11-5-6-17(3)14-26/h7-10,12,15-17H,5-6,11,13-14H2,1-4H3,(H,22,23,24). The highest BCUT2D eigenvalue weighted by Gasteiger charge is 2.22. The van der Waals surface area contributed by atoms with E-state index in [4.69, 9.17) is 0 Å². The molecule has 0 radical (unpaired) electrons. The molecule has 1 aliphatic rings. The van der Waals surface area contributed by atoms with Gasteiger partial charge in [0.15, 0.2) is 0 Å². The molecule has 0 saturated carbocycles. The maximum Gasteiger partial charge on any atom is 0.243 e. The first-order valence-corrected chi connectivity index (χ1v) is 11.6. The summed E-state index contributed by atoms with van der Waals surface area (Å²) in [5, 5.41) is 3.31. The van der Waals surface area contributed by atoms with Gasteiger partial charge in [0.05, 0.1) is 4.90 Å². The summed E-state index contributed by atoms with van der Waals surface area (Å²) in [6.07, 6.45) is 4.05. The van der Waals surface area contributed by atoms with Crippen LogP contribution in [0.4, 0.5) is 11.6 Å². The molecule has 1 atom stereocenters. The summed E-state index contributed by atoms with van der Waals surface area (Å²) in [6, 6.07) is 8.88. The Hall–Kier alpha value is -2.19. The van der Waals surface area contributed by atoms with Crippen LogP contribution in [0.1, 0.15) is 39.2 Å². The highest BCUT2D eigenvalue weighted by Crippen LogP contribution is 2.23. The van der Waals surface area contributed by atoms with Gasteiger partial charge < -0.3 is 10.2 Å². The first-order chi connectivity index (χ1) is 13.8. The average molecular weight is 418 g/mol. The van der Waals surface area contributed by atoms with Gasteiger partial charge in [-0.15, -0.1) is 0 Å². The number of nitrogens with zero attached hydrogens (tertiary/aromatic N) is 4. The van der Waals surface area contributed by atoms with Crippen LogP contribution in [0.25, 0.3) is 0 Å². The number of sulfonamides is 1. The van der Waals surface area contributed by atoms with Gasteiger partial charge in [0.25, 0.3) is 0 Å². The molecule has 8 heteroatoms. The molecule has 0 aliphatic carbocycles. The minimum atomic E-state index is -3.46. The van der Waals surface area contributed by atoms with Crippen molar-refractivity contribution in [2.24, 2.45) is 5.92 Å². The van der Waals surface area contributed by atoms with Crippen LogP contribution in [0.5, 0.6) is 0 Å². The van der Waals surface area contributed by atoms with E-state index in [9.17, 15) is 8.42 Å². The summed E-state index contributed by atoms with van der Waals surface area (Å²) < 4.78 is 26.5. The van der Waals surface area contributed by atoms with E-state index in [1.807, 2.05) is 32.0 Å². The fourth-order valence-corrected chi connectivity index (χ4v) is 4.80. The van der Waals surface area contributed by atoms with E-state index in [0.717, 1.165) is 30.3 Å². The summed E-state index contributed by atoms with van der Waals surface area (Å²) in [5.41, 5.74) is 0.989. The Kier molecular flexibility index (Phi) is 6.74. The highest BCUT2D eigenvalue weighted by molar-refractivity contribution is 7.89. The van der Waals surface area contributed by atoms with E-state index in [0.29, 0.717) is 17.4 Å². The zero-order valence-corrected chi connectivity index (χ0v) is 18.5. The maximum atomic E-state index is 12.6. The molecule has 1 saturated heterocycles. The number of rotatable bonds is 7. The van der Waals surface area contributed by atoms with Crippen LogP contribution >= 0.6 is 0 Å². The lowest BCUT2D eigenvalue weighted by Gasteiger charge is -2.31. The van der Waals surface area contributed by atoms with E-state index in [-0.39, 0.29) is 6.04 Å². The molecule has 1 aromatic heterocycles. The van der Waals surface area contributed by atoms with Crippen LogP contribution in [0.3, 0.4) is 0 Å². The first kappa shape index (κ1) is 21.5. The Labute approximate surface area is 174 Å². The van der Waals surface area contributed by atoms with Crippen molar-refractivity contribution in [3.63, 3.8) is 0 Å². The Bertz CT molecular complexity index is 915. The Balaban J connectivity index is 1.64. The molecule has 1 aromatic carbocycles. The lowest BCUT2D eigenvalue weighted by molar-refractivity contribution is 0.410. The number of hydrogen-bond donors (Lipinski definition) is 1. The SMILES string of the molecule is CC1CCCN(c2cc(NCc3ccc(S(=O)(=O)N(C)C(C)C)cc3)ncn2)C1. The third-order valence-corrected chi connectivity index (χ3v) is 7.48. The van der Waals surface area contributed by atoms with Crippen LogP contribution < -0.4 is 10.2 Å². The number of aromatic nitrogens is 2. The minimum absolute atomic E-state index is 0.0869. The van der Waals surface area contributed by atoms with Gasteiger partial charge in [0.2, 0.25) is 10.0 Å². The fraction of sp³-hybridized carbons (Fsp3) is 0.524. The van der Waals surface area contributed by atoms with E-state index < -0.39 is 10.0 Å². The molecule has 1 N–H and O–H groups in total. The average Bonchev–Trinajstić information content (AvgIpc) is 2.72. The van der Waals surface area contributed by atoms with Crippen molar-refractivity contribution in [3.8, 4) is 0 Å². The molecule has 0 bridgehead atoms. The minimum Gasteiger partial charge on any atom is -0.366 e. The van der Waals surface area contributed by atoms with Gasteiger partial charge in [-0.1, -0.05) is 19.1 Å². The summed E-state index contributed by atoms with van der Waals surface area (Å²) >= 11 is 0. The monoisotopic (exact) mass is 417 g/mol. The Morgan fingerprint density at radius 1 is 1.24 bits per heavy atom. The number of nitrogens with one attached hydrogen (secondary N) is 1. The molecule has 29 heavy (non-hydrogen) atoms. The van der Waals surface area contributed by atoms with Crippen molar-refractivity contribution in [3.05, 3.63) is 42.2 Å². The fourth-order valence-electron chi connectivity index (χ4n) is 3.43. The van der Waals surface area contributed by atoms with Crippen molar-refractivity contribution in [1.82, 2.24) is 14.3 Å². The zero-order chi connectivity index (χ0) is 21.0. The van der Waals surface area contributed by atoms with E-state index in [1.54, 1.807) is 25.5 Å². The molecule has 7 nitrogen and oxygen atoms in total. The van der Waals surface area contributed by atoms with E-state index in [1.165, 1.54) is 17.1 Å². The second-order valence-electron chi connectivity index (χ2n) is 8.07. The smallest absolute Gasteiger partial charge is 0.243 e. The summed E-state index contributed by atoms with van der Waals surface area (Å²) in [5.74, 6) is 2.40. The van der Waals surface area contributed by atoms with Gasteiger partial charge in [-0.05, 0) is 50.3 Å². The van der Waals surface area contributed by atoms with Crippen molar-refractivity contribution < 1.29 is 8.42 Å². The highest BCUT2D eigenvalue weighted by atomic mass is 32.2. The lowest BCUT2D eigenvalue weighted by Crippen LogP contribution is -2.34. The molecule has 0 spiro atoms. The van der Waals surface area contributed by atoms with Crippen LogP contribution in [0.15, 0.2) is 41.6 Å². The van der Waals surface area contributed by atoms with E-state index >= 15 is 0 Å². The summed E-state index contributed by atoms with van der Waals surface area (Å²) in [6.45, 7) is 8.61. The Morgan fingerprint density at radius 3 is 2.62 bits per heavy atom. The maximum absolute atomic E-state index is 12.6. The molecule has 3 rings (SSSR count). The molecule has 0 amide bonds. The van der Waals surface area contributed by atoms with Crippen LogP contribution in [-0.2, 0) is 16.6 Å². The van der Waals surface area contributed by atoms with Crippen LogP contribution in [0.2, 0.25) is 0 Å². The first-order valence-electron chi connectivity index (χ1n) is 10.1. The number of hydrogen-bond acceptors (Lipinski definition) is 6. The quantitative estimate of drug-likeness (QED) is 0.744. The number of anilines is 2. The van der Waals surface area contributed by atoms with Crippen LogP contribution in [0, 0.1) is 5.92 Å². The predicted molar refractivity (Wildman–Crippen MR) is 116 cm³/mol. The number of piperidine rings is 1. The van der Waals surface area contributed by atoms with Gasteiger partial charge in [0.1, 0.15) is 18.0 Å². The topological polar surface area (TPSA) is 78.4 Å². The summed E-state index contributed by atoms with van der Waals surface area (Å²) in [7, 11) is -1.86. The van der Waals surface area contributed by atoms with Gasteiger partial charge in [-0.3, -0.25) is 0 Å². The van der Waals surface area contributed by atoms with Crippen molar-refractivity contribution in [2.45, 2.75) is 51.1 Å². The van der Waals surface area contributed by atoms with E-state index in [2.05, 4.69) is 27.1 Å². The molecule has 1 unspecified atom stereocenters. The van der Waals surface area contributed by atoms with Gasteiger partial charge >= 0.3 is 0 Å². The largest absolute Gasteiger partial charge is 0.366 e. The van der Waals surface area contributed by atoms with Crippen molar-refractivity contribution >= 4 is 21.7 Å². The molecule has 1 fully saturated rings. The normalized spacial score (nSPS) is 17.7. The summed E-state index contributed by atoms with van der Waals surface area (Å²) in [4.78, 5) is 11.4. The predicted octanol–water partition coefficient (Wildman–Crippen LogP) is 3.35. The zero-order valence-electron chi connectivity index (χ0n) is 17.7. The molecule has 1 aliphatic heterocycles.